The van der Waals surface area contributed by atoms with E-state index < -0.39 is 0 Å². The van der Waals surface area contributed by atoms with Crippen LogP contribution in [0.15, 0.2) is 48.7 Å². The molecule has 1 aromatic carbocycles. The van der Waals surface area contributed by atoms with Crippen LogP contribution >= 0.6 is 11.6 Å². The molecule has 0 aliphatic rings. The summed E-state index contributed by atoms with van der Waals surface area (Å²) < 4.78 is 15.7. The van der Waals surface area contributed by atoms with E-state index in [0.717, 1.165) is 17.2 Å². The number of rotatable bonds is 4. The predicted molar refractivity (Wildman–Crippen MR) is 83.3 cm³/mol. The highest BCUT2D eigenvalue weighted by atomic mass is 35.5. The second-order valence-electron chi connectivity index (χ2n) is 4.89. The Morgan fingerprint density at radius 1 is 1.19 bits per heavy atom. The largest absolute Gasteiger partial charge is 0.354 e. The fraction of sp³-hybridized carbons (Fsp3) is 0.188. The molecule has 0 saturated carbocycles. The maximum absolute atomic E-state index is 13.8. The van der Waals surface area contributed by atoms with Crippen LogP contribution in [0, 0.1) is 5.82 Å². The first-order valence-electron chi connectivity index (χ1n) is 6.67. The van der Waals surface area contributed by atoms with Crippen molar-refractivity contribution in [2.75, 3.05) is 11.9 Å². The zero-order chi connectivity index (χ0) is 14.8. The molecule has 0 N–H and O–H groups in total. The highest BCUT2D eigenvalue weighted by Crippen LogP contribution is 2.24. The smallest absolute Gasteiger partial charge is 0.152 e. The topological polar surface area (TPSA) is 20.5 Å². The molecule has 0 amide bonds. The van der Waals surface area contributed by atoms with Gasteiger partial charge in [-0.2, -0.15) is 0 Å². The average Bonchev–Trinajstić information content (AvgIpc) is 2.88. The van der Waals surface area contributed by atoms with Gasteiger partial charge >= 0.3 is 0 Å². The van der Waals surface area contributed by atoms with Gasteiger partial charge in [0.05, 0.1) is 11.6 Å². The third kappa shape index (κ3) is 2.59. The van der Waals surface area contributed by atoms with Gasteiger partial charge in [-0.05, 0) is 18.2 Å². The second-order valence-corrected chi connectivity index (χ2v) is 5.16. The summed E-state index contributed by atoms with van der Waals surface area (Å²) in [6.07, 6.45) is 1.93. The lowest BCUT2D eigenvalue weighted by molar-refractivity contribution is 0.607. The lowest BCUT2D eigenvalue weighted by Crippen LogP contribution is -2.19. The Balaban J connectivity index is 1.98. The van der Waals surface area contributed by atoms with Gasteiger partial charge < -0.3 is 9.30 Å². The Morgan fingerprint density at radius 2 is 1.95 bits per heavy atom. The van der Waals surface area contributed by atoms with Gasteiger partial charge in [-0.15, -0.1) is 11.6 Å². The minimum atomic E-state index is -0.208. The van der Waals surface area contributed by atoms with Crippen LogP contribution in [0.1, 0.15) is 11.3 Å². The van der Waals surface area contributed by atoms with E-state index >= 15 is 0 Å². The summed E-state index contributed by atoms with van der Waals surface area (Å²) in [7, 11) is 1.89. The fourth-order valence-corrected chi connectivity index (χ4v) is 2.67. The number of nitrogens with zero attached hydrogens (tertiary/aromatic N) is 3. The SMILES string of the molecule is CN(Cc1ccccc1F)c1nc2ccccn2c1CCl. The molecular weight excluding hydrogens is 289 g/mol. The summed E-state index contributed by atoms with van der Waals surface area (Å²) in [6, 6.07) is 12.6. The van der Waals surface area contributed by atoms with E-state index in [4.69, 9.17) is 11.6 Å². The number of benzene rings is 1. The summed E-state index contributed by atoms with van der Waals surface area (Å²) in [5, 5.41) is 0. The van der Waals surface area contributed by atoms with Crippen LogP contribution in [0.25, 0.3) is 5.65 Å². The highest BCUT2D eigenvalue weighted by molar-refractivity contribution is 6.17. The van der Waals surface area contributed by atoms with Crippen LogP contribution in [0.5, 0.6) is 0 Å². The molecule has 0 saturated heterocycles. The maximum atomic E-state index is 13.8. The second kappa shape index (κ2) is 5.74. The van der Waals surface area contributed by atoms with Gasteiger partial charge in [0, 0.05) is 25.4 Å². The van der Waals surface area contributed by atoms with Gasteiger partial charge in [0.2, 0.25) is 0 Å². The molecule has 3 nitrogen and oxygen atoms in total. The Hall–Kier alpha value is -2.07. The van der Waals surface area contributed by atoms with E-state index in [-0.39, 0.29) is 5.82 Å². The number of halogens is 2. The van der Waals surface area contributed by atoms with E-state index in [1.165, 1.54) is 6.07 Å². The molecular formula is C16H15ClFN3. The average molecular weight is 304 g/mol. The summed E-state index contributed by atoms with van der Waals surface area (Å²) in [6.45, 7) is 0.445. The number of hydrogen-bond donors (Lipinski definition) is 0. The molecule has 0 unspecified atom stereocenters. The van der Waals surface area contributed by atoms with E-state index in [1.54, 1.807) is 12.1 Å². The predicted octanol–water partition coefficient (Wildman–Crippen LogP) is 3.85. The van der Waals surface area contributed by atoms with Crippen LogP contribution in [0.4, 0.5) is 10.2 Å². The molecule has 2 aromatic heterocycles. The van der Waals surface area contributed by atoms with Crippen molar-refractivity contribution in [1.29, 1.82) is 0 Å². The van der Waals surface area contributed by atoms with Crippen molar-refractivity contribution in [2.45, 2.75) is 12.4 Å². The number of hydrogen-bond acceptors (Lipinski definition) is 2. The van der Waals surface area contributed by atoms with Crippen LogP contribution in [-0.4, -0.2) is 16.4 Å². The van der Waals surface area contributed by atoms with Crippen molar-refractivity contribution in [3.05, 3.63) is 65.7 Å². The standard InChI is InChI=1S/C16H15ClFN3/c1-20(11-12-6-2-3-7-13(12)18)16-14(10-17)21-9-5-4-8-15(21)19-16/h2-9H,10-11H2,1H3. The number of pyridine rings is 1. The fourth-order valence-electron chi connectivity index (χ4n) is 2.42. The number of anilines is 1. The first-order valence-corrected chi connectivity index (χ1v) is 7.20. The normalized spacial score (nSPS) is 11.0. The zero-order valence-electron chi connectivity index (χ0n) is 11.6. The monoisotopic (exact) mass is 303 g/mol. The quantitative estimate of drug-likeness (QED) is 0.683. The number of fused-ring (bicyclic) bond motifs is 1. The number of alkyl halides is 1. The van der Waals surface area contributed by atoms with Crippen molar-refractivity contribution in [3.63, 3.8) is 0 Å². The Labute approximate surface area is 127 Å². The van der Waals surface area contributed by atoms with Crippen LogP contribution < -0.4 is 4.90 Å². The molecule has 0 bridgehead atoms. The van der Waals surface area contributed by atoms with Crippen molar-refractivity contribution < 1.29 is 4.39 Å². The minimum Gasteiger partial charge on any atom is -0.354 e. The molecule has 0 spiro atoms. The van der Waals surface area contributed by atoms with Crippen molar-refractivity contribution in [3.8, 4) is 0 Å². The van der Waals surface area contributed by atoms with Gasteiger partial charge in [0.1, 0.15) is 11.5 Å². The molecule has 0 radical (unpaired) electrons. The third-order valence-corrected chi connectivity index (χ3v) is 3.71. The van der Waals surface area contributed by atoms with Crippen LogP contribution in [0.3, 0.4) is 0 Å². The van der Waals surface area contributed by atoms with Crippen molar-refractivity contribution in [2.24, 2.45) is 0 Å². The third-order valence-electron chi connectivity index (χ3n) is 3.46. The number of aromatic nitrogens is 2. The molecule has 0 aliphatic carbocycles. The molecule has 108 valence electrons. The van der Waals surface area contributed by atoms with Crippen molar-refractivity contribution >= 4 is 23.1 Å². The van der Waals surface area contributed by atoms with E-state index in [9.17, 15) is 4.39 Å². The summed E-state index contributed by atoms with van der Waals surface area (Å²) in [5.41, 5.74) is 2.38. The first-order chi connectivity index (χ1) is 10.2. The molecule has 0 atom stereocenters. The maximum Gasteiger partial charge on any atom is 0.152 e. The Bertz CT molecular complexity index is 769. The molecule has 0 aliphatic heterocycles. The lowest BCUT2D eigenvalue weighted by Gasteiger charge is -2.18. The zero-order valence-corrected chi connectivity index (χ0v) is 12.4. The minimum absolute atomic E-state index is 0.208. The Kier molecular flexibility index (Phi) is 3.80. The Morgan fingerprint density at radius 3 is 2.71 bits per heavy atom. The van der Waals surface area contributed by atoms with Crippen LogP contribution in [-0.2, 0) is 12.4 Å². The molecule has 3 aromatic rings. The van der Waals surface area contributed by atoms with Gasteiger partial charge in [0.15, 0.2) is 5.82 Å². The van der Waals surface area contributed by atoms with Crippen molar-refractivity contribution in [1.82, 2.24) is 9.38 Å². The molecule has 5 heteroatoms. The molecule has 3 rings (SSSR count). The van der Waals surface area contributed by atoms with E-state index in [0.29, 0.717) is 18.0 Å². The molecule has 21 heavy (non-hydrogen) atoms. The van der Waals surface area contributed by atoms with Gasteiger partial charge in [-0.1, -0.05) is 24.3 Å². The van der Waals surface area contributed by atoms with E-state index in [1.807, 2.05) is 46.8 Å². The summed E-state index contributed by atoms with van der Waals surface area (Å²) >= 11 is 6.07. The van der Waals surface area contributed by atoms with Gasteiger partial charge in [-0.25, -0.2) is 9.37 Å². The lowest BCUT2D eigenvalue weighted by atomic mass is 10.2. The highest BCUT2D eigenvalue weighted by Gasteiger charge is 2.15. The summed E-state index contributed by atoms with van der Waals surface area (Å²) in [4.78, 5) is 6.51. The molecule has 2 heterocycles. The van der Waals surface area contributed by atoms with E-state index in [2.05, 4.69) is 4.98 Å². The number of imidazole rings is 1. The van der Waals surface area contributed by atoms with Gasteiger partial charge in [0.25, 0.3) is 0 Å². The summed E-state index contributed by atoms with van der Waals surface area (Å²) in [5.74, 6) is 0.919. The van der Waals surface area contributed by atoms with Gasteiger partial charge in [-0.3, -0.25) is 0 Å². The van der Waals surface area contributed by atoms with Crippen LogP contribution in [0.2, 0.25) is 0 Å². The first kappa shape index (κ1) is 13.9. The molecule has 0 fully saturated rings.